The number of hydrogen-bond acceptors (Lipinski definition) is 2. The van der Waals surface area contributed by atoms with E-state index in [9.17, 15) is 4.79 Å². The Morgan fingerprint density at radius 2 is 1.62 bits per heavy atom. The molecule has 0 aliphatic heterocycles. The van der Waals surface area contributed by atoms with Crippen LogP contribution in [0, 0.1) is 0 Å². The van der Waals surface area contributed by atoms with Gasteiger partial charge in [-0.3, -0.25) is 0 Å². The number of isocyanates is 1. The van der Waals surface area contributed by atoms with Crippen LogP contribution < -0.4 is 0 Å². The maximum absolute atomic E-state index is 10.2. The van der Waals surface area contributed by atoms with Gasteiger partial charge in [0.1, 0.15) is 0 Å². The molecule has 0 aromatic heterocycles. The maximum atomic E-state index is 10.2. The van der Waals surface area contributed by atoms with Gasteiger partial charge in [0.15, 0.2) is 0 Å². The topological polar surface area (TPSA) is 29.4 Å². The van der Waals surface area contributed by atoms with Crippen molar-refractivity contribution < 1.29 is 4.79 Å². The summed E-state index contributed by atoms with van der Waals surface area (Å²) in [7, 11) is 0. The highest BCUT2D eigenvalue weighted by atomic mass is 16.1. The molecule has 1 aromatic carbocycles. The number of hydrogen-bond donors (Lipinski definition) is 0. The van der Waals surface area contributed by atoms with Crippen LogP contribution in [0.15, 0.2) is 23.2 Å². The zero-order valence-electron chi connectivity index (χ0n) is 10.4. The van der Waals surface area contributed by atoms with Gasteiger partial charge in [-0.25, -0.2) is 9.79 Å². The van der Waals surface area contributed by atoms with E-state index in [0.29, 0.717) is 18.4 Å². The molecule has 0 N–H and O–H groups in total. The first-order valence-corrected chi connectivity index (χ1v) is 5.73. The van der Waals surface area contributed by atoms with Crippen molar-refractivity contribution in [2.45, 2.75) is 46.1 Å². The molecule has 0 saturated carbocycles. The second kappa shape index (κ2) is 5.62. The molecule has 2 heteroatoms. The summed E-state index contributed by atoms with van der Waals surface area (Å²) in [5.41, 5.74) is 3.76. The highest BCUT2D eigenvalue weighted by Gasteiger charge is 2.12. The van der Waals surface area contributed by atoms with Crippen LogP contribution in [-0.2, 0) is 11.3 Å². The lowest BCUT2D eigenvalue weighted by molar-refractivity contribution is 0.562. The minimum atomic E-state index is 0.450. The van der Waals surface area contributed by atoms with Gasteiger partial charge in [-0.15, -0.1) is 0 Å². The Balaban J connectivity index is 3.28. The standard InChI is InChI=1S/C14H19NO/c1-10(2)12-6-5-7-13(11(3)4)14(12)8-15-9-16/h5-7,10-11H,8H2,1-4H3. The summed E-state index contributed by atoms with van der Waals surface area (Å²) in [6, 6.07) is 6.32. The van der Waals surface area contributed by atoms with Crippen LogP contribution in [0.3, 0.4) is 0 Å². The number of benzene rings is 1. The smallest absolute Gasteiger partial charge is 0.211 e. The predicted molar refractivity (Wildman–Crippen MR) is 66.4 cm³/mol. The molecule has 0 atom stereocenters. The van der Waals surface area contributed by atoms with E-state index >= 15 is 0 Å². The summed E-state index contributed by atoms with van der Waals surface area (Å²) < 4.78 is 0. The molecule has 1 aromatic rings. The average Bonchev–Trinajstić information content (AvgIpc) is 2.25. The van der Waals surface area contributed by atoms with E-state index in [4.69, 9.17) is 0 Å². The Morgan fingerprint density at radius 1 is 1.12 bits per heavy atom. The molecule has 0 heterocycles. The summed E-state index contributed by atoms with van der Waals surface area (Å²) in [6.07, 6.45) is 1.62. The highest BCUT2D eigenvalue weighted by molar-refractivity contribution is 5.41. The quantitative estimate of drug-likeness (QED) is 0.557. The Labute approximate surface area is 97.4 Å². The summed E-state index contributed by atoms with van der Waals surface area (Å²) in [5.74, 6) is 0.908. The van der Waals surface area contributed by atoms with Crippen molar-refractivity contribution in [2.75, 3.05) is 0 Å². The van der Waals surface area contributed by atoms with Crippen LogP contribution >= 0.6 is 0 Å². The van der Waals surface area contributed by atoms with E-state index in [2.05, 4.69) is 50.9 Å². The normalized spacial score (nSPS) is 10.6. The molecule has 0 amide bonds. The van der Waals surface area contributed by atoms with Crippen molar-refractivity contribution in [3.05, 3.63) is 34.9 Å². The molecule has 86 valence electrons. The number of aliphatic imine (C=N–C) groups is 1. The number of nitrogens with zero attached hydrogens (tertiary/aromatic N) is 1. The first-order chi connectivity index (χ1) is 7.57. The van der Waals surface area contributed by atoms with Gasteiger partial charge < -0.3 is 0 Å². The predicted octanol–water partition coefficient (Wildman–Crippen LogP) is 3.77. The lowest BCUT2D eigenvalue weighted by Crippen LogP contribution is -2.02. The fourth-order valence-electron chi connectivity index (χ4n) is 2.00. The van der Waals surface area contributed by atoms with Crippen molar-refractivity contribution in [1.82, 2.24) is 0 Å². The van der Waals surface area contributed by atoms with Gasteiger partial charge in [0.05, 0.1) is 6.54 Å². The monoisotopic (exact) mass is 217 g/mol. The van der Waals surface area contributed by atoms with Gasteiger partial charge in [0.25, 0.3) is 0 Å². The maximum Gasteiger partial charge on any atom is 0.235 e. The van der Waals surface area contributed by atoms with Crippen molar-refractivity contribution in [3.63, 3.8) is 0 Å². The van der Waals surface area contributed by atoms with E-state index in [1.807, 2.05) is 0 Å². The van der Waals surface area contributed by atoms with Crippen LogP contribution in [0.2, 0.25) is 0 Å². The average molecular weight is 217 g/mol. The number of rotatable bonds is 4. The van der Waals surface area contributed by atoms with Crippen molar-refractivity contribution in [3.8, 4) is 0 Å². The molecule has 0 spiro atoms. The highest BCUT2D eigenvalue weighted by Crippen LogP contribution is 2.28. The molecule has 0 saturated heterocycles. The summed E-state index contributed by atoms with van der Waals surface area (Å²) in [5, 5.41) is 0. The van der Waals surface area contributed by atoms with Crippen LogP contribution in [0.25, 0.3) is 0 Å². The second-order valence-electron chi connectivity index (χ2n) is 4.63. The molecule has 0 fully saturated rings. The molecule has 16 heavy (non-hydrogen) atoms. The fraction of sp³-hybridized carbons (Fsp3) is 0.500. The van der Waals surface area contributed by atoms with E-state index < -0.39 is 0 Å². The van der Waals surface area contributed by atoms with Gasteiger partial charge in [-0.2, -0.15) is 0 Å². The summed E-state index contributed by atoms with van der Waals surface area (Å²) in [6.45, 7) is 9.09. The van der Waals surface area contributed by atoms with Gasteiger partial charge in [-0.1, -0.05) is 45.9 Å². The molecule has 0 aliphatic carbocycles. The third kappa shape index (κ3) is 2.80. The van der Waals surface area contributed by atoms with E-state index in [1.54, 1.807) is 6.08 Å². The van der Waals surface area contributed by atoms with Crippen LogP contribution in [-0.4, -0.2) is 6.08 Å². The first-order valence-electron chi connectivity index (χ1n) is 5.73. The zero-order valence-corrected chi connectivity index (χ0v) is 10.4. The summed E-state index contributed by atoms with van der Waals surface area (Å²) in [4.78, 5) is 14.0. The van der Waals surface area contributed by atoms with Gasteiger partial charge >= 0.3 is 0 Å². The minimum Gasteiger partial charge on any atom is -0.211 e. The molecule has 0 aliphatic rings. The molecular weight excluding hydrogens is 198 g/mol. The van der Waals surface area contributed by atoms with E-state index in [0.717, 1.165) is 0 Å². The van der Waals surface area contributed by atoms with Crippen LogP contribution in [0.5, 0.6) is 0 Å². The molecular formula is C14H19NO. The van der Waals surface area contributed by atoms with Crippen LogP contribution in [0.1, 0.15) is 56.2 Å². The third-order valence-corrected chi connectivity index (χ3v) is 2.79. The largest absolute Gasteiger partial charge is 0.235 e. The third-order valence-electron chi connectivity index (χ3n) is 2.79. The Bertz CT molecular complexity index is 375. The number of carbonyl (C=O) groups excluding carboxylic acids is 1. The molecule has 2 nitrogen and oxygen atoms in total. The minimum absolute atomic E-state index is 0.450. The van der Waals surface area contributed by atoms with Gasteiger partial charge in [0.2, 0.25) is 6.08 Å². The lowest BCUT2D eigenvalue weighted by Gasteiger charge is -2.17. The fourth-order valence-corrected chi connectivity index (χ4v) is 2.00. The molecule has 0 radical (unpaired) electrons. The second-order valence-corrected chi connectivity index (χ2v) is 4.63. The molecule has 1 rings (SSSR count). The van der Waals surface area contributed by atoms with Crippen molar-refractivity contribution in [2.24, 2.45) is 4.99 Å². The van der Waals surface area contributed by atoms with Crippen molar-refractivity contribution in [1.29, 1.82) is 0 Å². The Hall–Kier alpha value is -1.40. The summed E-state index contributed by atoms with van der Waals surface area (Å²) >= 11 is 0. The first kappa shape index (κ1) is 12.7. The Kier molecular flexibility index (Phi) is 4.45. The van der Waals surface area contributed by atoms with E-state index in [-0.39, 0.29) is 0 Å². The molecule has 0 bridgehead atoms. The van der Waals surface area contributed by atoms with Gasteiger partial charge in [-0.05, 0) is 28.5 Å². The molecule has 0 unspecified atom stereocenters. The lowest BCUT2D eigenvalue weighted by atomic mass is 9.89. The Morgan fingerprint density at radius 3 is 2.00 bits per heavy atom. The van der Waals surface area contributed by atoms with E-state index in [1.165, 1.54) is 16.7 Å². The van der Waals surface area contributed by atoms with Crippen molar-refractivity contribution >= 4 is 6.08 Å². The van der Waals surface area contributed by atoms with Gasteiger partial charge in [0, 0.05) is 0 Å². The van der Waals surface area contributed by atoms with Crippen LogP contribution in [0.4, 0.5) is 0 Å². The SMILES string of the molecule is CC(C)c1cccc(C(C)C)c1CN=C=O. The zero-order chi connectivity index (χ0) is 12.1.